The fourth-order valence-corrected chi connectivity index (χ4v) is 8.44. The molecule has 3 heterocycles. The summed E-state index contributed by atoms with van der Waals surface area (Å²) in [5, 5.41) is 12.8. The van der Waals surface area contributed by atoms with Gasteiger partial charge < -0.3 is 9.52 Å². The number of rotatable bonds is 11. The van der Waals surface area contributed by atoms with Crippen molar-refractivity contribution in [2.24, 2.45) is 22.7 Å². The number of aliphatic hydroxyl groups is 1. The monoisotopic (exact) mass is 948 g/mol. The van der Waals surface area contributed by atoms with Crippen molar-refractivity contribution in [1.82, 2.24) is 9.97 Å². The van der Waals surface area contributed by atoms with E-state index in [4.69, 9.17) is 14.4 Å². The van der Waals surface area contributed by atoms with Crippen LogP contribution in [0.2, 0.25) is 0 Å². The van der Waals surface area contributed by atoms with Crippen LogP contribution in [0.1, 0.15) is 129 Å². The fourth-order valence-electron chi connectivity index (χ4n) is 8.44. The van der Waals surface area contributed by atoms with Crippen molar-refractivity contribution in [2.75, 3.05) is 0 Å². The van der Waals surface area contributed by atoms with Gasteiger partial charge in [-0.2, -0.15) is 13.2 Å². The Labute approximate surface area is 344 Å². The van der Waals surface area contributed by atoms with Crippen LogP contribution in [0.3, 0.4) is 0 Å². The maximum absolute atomic E-state index is 13.6. The minimum Gasteiger partial charge on any atom is -0.512 e. The van der Waals surface area contributed by atoms with Crippen LogP contribution < -0.4 is 0 Å². The van der Waals surface area contributed by atoms with Gasteiger partial charge in [0.05, 0.1) is 22.3 Å². The molecule has 1 saturated carbocycles. The van der Waals surface area contributed by atoms with Crippen molar-refractivity contribution >= 4 is 38.8 Å². The third-order valence-corrected chi connectivity index (χ3v) is 12.1. The van der Waals surface area contributed by atoms with E-state index in [1.165, 1.54) is 25.5 Å². The van der Waals surface area contributed by atoms with Crippen molar-refractivity contribution in [2.45, 2.75) is 132 Å². The van der Waals surface area contributed by atoms with Crippen molar-refractivity contribution < 1.29 is 47.6 Å². The van der Waals surface area contributed by atoms with Crippen molar-refractivity contribution in [3.05, 3.63) is 83.3 Å². The van der Waals surface area contributed by atoms with Crippen LogP contribution in [0.15, 0.2) is 64.8 Å². The average molecular weight is 948 g/mol. The van der Waals surface area contributed by atoms with E-state index in [1.807, 2.05) is 59.7 Å². The number of allylic oxidation sites excluding steroid dienone is 2. The summed E-state index contributed by atoms with van der Waals surface area (Å²) in [5.74, 6) is 0.754. The Kier molecular flexibility index (Phi) is 14.8. The number of hydrogen-bond donors (Lipinski definition) is 1. The maximum atomic E-state index is 13.6. The van der Waals surface area contributed by atoms with Gasteiger partial charge in [0.15, 0.2) is 5.78 Å². The van der Waals surface area contributed by atoms with Gasteiger partial charge in [-0.15, -0.1) is 17.7 Å². The molecule has 56 heavy (non-hydrogen) atoms. The number of benzene rings is 2. The molecule has 0 saturated heterocycles. The summed E-state index contributed by atoms with van der Waals surface area (Å²) in [6, 6.07) is 19.9. The first-order valence-corrected chi connectivity index (χ1v) is 20.1. The van der Waals surface area contributed by atoms with Crippen LogP contribution >= 0.6 is 0 Å². The zero-order valence-electron chi connectivity index (χ0n) is 34.4. The molecule has 1 fully saturated rings. The van der Waals surface area contributed by atoms with Crippen LogP contribution in [-0.4, -0.2) is 27.0 Å². The van der Waals surface area contributed by atoms with Crippen LogP contribution in [0.5, 0.6) is 0 Å². The Hall–Kier alpha value is -3.55. The van der Waals surface area contributed by atoms with E-state index in [0.717, 1.165) is 101 Å². The Bertz CT molecular complexity index is 2150. The number of furan rings is 1. The molecule has 0 unspecified atom stereocenters. The second-order valence-corrected chi connectivity index (χ2v) is 16.7. The second-order valence-electron chi connectivity index (χ2n) is 16.7. The number of carbonyl (C=O) groups excluding carboxylic acids is 1. The molecule has 1 aliphatic carbocycles. The summed E-state index contributed by atoms with van der Waals surface area (Å²) in [7, 11) is 0. The number of alkyl halides is 3. The molecule has 9 heteroatoms. The number of aromatic nitrogens is 2. The molecule has 0 bridgehead atoms. The van der Waals surface area contributed by atoms with Gasteiger partial charge in [0.25, 0.3) is 0 Å². The molecule has 0 aliphatic heterocycles. The number of aliphatic hydroxyl groups excluding tert-OH is 1. The Balaban J connectivity index is 0.000000372. The summed E-state index contributed by atoms with van der Waals surface area (Å²) < 4.78 is 47.1. The molecule has 1 radical (unpaired) electrons. The SMILES string of the molecule is CCC(CC)C(=O)/C=C(\O)C(CC)CC.Cc1[c-]c(-c2ccc3c(C)cccc3n2)c2oc3nc(C4CCC(C)(CC(C)(C)C(F)(F)F)CC4)ccc3c2c1.[Ir]. The molecule has 0 atom stereocenters. The van der Waals surface area contributed by atoms with Gasteiger partial charge in [0.1, 0.15) is 0 Å². The largest absolute Gasteiger partial charge is 0.512 e. The van der Waals surface area contributed by atoms with E-state index in [0.29, 0.717) is 5.71 Å². The summed E-state index contributed by atoms with van der Waals surface area (Å²) in [6.45, 7) is 16.8. The zero-order valence-corrected chi connectivity index (χ0v) is 36.8. The van der Waals surface area contributed by atoms with Crippen LogP contribution in [-0.2, 0) is 24.9 Å². The van der Waals surface area contributed by atoms with Crippen LogP contribution in [0.25, 0.3) is 44.2 Å². The topological polar surface area (TPSA) is 76.2 Å². The normalized spacial score (nSPS) is 18.0. The predicted molar refractivity (Wildman–Crippen MR) is 218 cm³/mol. The van der Waals surface area contributed by atoms with Crippen molar-refractivity contribution in [1.29, 1.82) is 0 Å². The molecule has 2 aromatic carbocycles. The van der Waals surface area contributed by atoms with Crippen LogP contribution in [0.4, 0.5) is 13.2 Å². The summed E-state index contributed by atoms with van der Waals surface area (Å²) in [6.07, 6.45) is 4.00. The molecule has 3 aromatic heterocycles. The molecule has 1 aliphatic rings. The number of aryl methyl sites for hydroxylation is 2. The van der Waals surface area contributed by atoms with Gasteiger partial charge in [-0.25, -0.2) is 4.98 Å². The van der Waals surface area contributed by atoms with Gasteiger partial charge in [0.2, 0.25) is 5.71 Å². The molecule has 5 aromatic rings. The number of hydrogen-bond acceptors (Lipinski definition) is 5. The third-order valence-electron chi connectivity index (χ3n) is 12.1. The minimum atomic E-state index is -4.20. The smallest absolute Gasteiger partial charge is 0.393 e. The van der Waals surface area contributed by atoms with E-state index >= 15 is 0 Å². The van der Waals surface area contributed by atoms with Gasteiger partial charge in [-0.05, 0) is 99.6 Å². The average Bonchev–Trinajstić information content (AvgIpc) is 3.49. The van der Waals surface area contributed by atoms with E-state index < -0.39 is 11.6 Å². The van der Waals surface area contributed by atoms with Gasteiger partial charge in [0, 0.05) is 60.4 Å². The molecule has 0 spiro atoms. The van der Waals surface area contributed by atoms with E-state index in [2.05, 4.69) is 43.3 Å². The summed E-state index contributed by atoms with van der Waals surface area (Å²) in [5.41, 5.74) is 4.96. The van der Waals surface area contributed by atoms with Crippen molar-refractivity contribution in [3.63, 3.8) is 0 Å². The van der Waals surface area contributed by atoms with E-state index in [-0.39, 0.29) is 61.2 Å². The first-order chi connectivity index (χ1) is 25.9. The molecule has 5 nitrogen and oxygen atoms in total. The number of fused-ring (bicyclic) bond motifs is 4. The van der Waals surface area contributed by atoms with Gasteiger partial charge >= 0.3 is 6.18 Å². The fraction of sp³-hybridized carbons (Fsp3) is 0.511. The number of halogens is 3. The quantitative estimate of drug-likeness (QED) is 0.0811. The Morgan fingerprint density at radius 3 is 2.16 bits per heavy atom. The molecular weight excluding hydrogens is 890 g/mol. The minimum absolute atomic E-state index is 0. The standard InChI is InChI=1S/C34H34F3N2O.C13H24O2.Ir/c1-20-17-25-24-10-11-27(22-13-15-33(5,16-14-22)19-32(3,4)34(35,36)37)39-31(24)40-30(25)26(18-20)29-12-9-23-21(2)7-6-8-28(23)38-29;1-5-10(6-2)12(14)9-13(15)11(7-3)8-4;/h6-12,17,22H,13-16,19H2,1-5H3;9-11,14H,5-8H2,1-4H3;/q-1;;/b;12-9-;. The first-order valence-electron chi connectivity index (χ1n) is 20.1. The summed E-state index contributed by atoms with van der Waals surface area (Å²) >= 11 is 0. The number of nitrogens with zero attached hydrogens (tertiary/aromatic N) is 2. The third kappa shape index (κ3) is 9.93. The Morgan fingerprint density at radius 2 is 1.55 bits per heavy atom. The van der Waals surface area contributed by atoms with E-state index in [9.17, 15) is 23.1 Å². The van der Waals surface area contributed by atoms with Crippen LogP contribution in [0, 0.1) is 42.6 Å². The molecule has 0 amide bonds. The molecule has 305 valence electrons. The first kappa shape index (κ1) is 45.2. The number of ketones is 1. The van der Waals surface area contributed by atoms with Gasteiger partial charge in [-0.3, -0.25) is 9.78 Å². The predicted octanol–water partition coefficient (Wildman–Crippen LogP) is 14.1. The second kappa shape index (κ2) is 18.4. The number of pyridine rings is 2. The summed E-state index contributed by atoms with van der Waals surface area (Å²) in [4.78, 5) is 21.6. The maximum Gasteiger partial charge on any atom is 0.393 e. The van der Waals surface area contributed by atoms with Crippen molar-refractivity contribution in [3.8, 4) is 11.3 Å². The van der Waals surface area contributed by atoms with E-state index in [1.54, 1.807) is 0 Å². The number of carbonyl (C=O) groups is 1. The Morgan fingerprint density at radius 1 is 0.929 bits per heavy atom. The zero-order chi connectivity index (χ0) is 40.3. The molecule has 6 rings (SSSR count). The molecule has 1 N–H and O–H groups in total. The van der Waals surface area contributed by atoms with Gasteiger partial charge in [-0.1, -0.05) is 90.6 Å². The molecular formula is C47H58F3IrN2O3-.